The largest absolute Gasteiger partial charge is 0.496 e. The number of rotatable bonds is 0. The Morgan fingerprint density at radius 2 is 1.26 bits per heavy atom. The third-order valence-electron chi connectivity index (χ3n) is 5.64. The van der Waals surface area contributed by atoms with Crippen molar-refractivity contribution in [2.75, 3.05) is 6.61 Å². The number of carbonyl (C=O) groups is 2. The van der Waals surface area contributed by atoms with E-state index in [1.165, 1.54) is 0 Å². The predicted octanol–water partition coefficient (Wildman–Crippen LogP) is 4.52. The van der Waals surface area contributed by atoms with Gasteiger partial charge in [0.1, 0.15) is 6.61 Å². The average molecular weight is 408 g/mol. The van der Waals surface area contributed by atoms with Crippen LogP contribution in [0.1, 0.15) is 11.1 Å². The summed E-state index contributed by atoms with van der Waals surface area (Å²) < 4.78 is 14.5. The zero-order valence-corrected chi connectivity index (χ0v) is 16.3. The van der Waals surface area contributed by atoms with Gasteiger partial charge in [0.2, 0.25) is 0 Å². The molecular weight excluding hydrogens is 392 g/mol. The number of hydrogen-bond acceptors (Lipinski definition) is 4. The van der Waals surface area contributed by atoms with Gasteiger partial charge in [-0.25, -0.2) is 9.59 Å². The van der Waals surface area contributed by atoms with Crippen LogP contribution < -0.4 is 0 Å². The smallest absolute Gasteiger partial charge is 0.347 e. The maximum Gasteiger partial charge on any atom is 0.347 e. The fourth-order valence-electron chi connectivity index (χ4n) is 4.31. The van der Waals surface area contributed by atoms with Crippen molar-refractivity contribution in [3.63, 3.8) is 0 Å². The molecule has 0 atom stereocenters. The first-order valence-electron chi connectivity index (χ1n) is 9.88. The van der Waals surface area contributed by atoms with Crippen molar-refractivity contribution in [1.29, 1.82) is 0 Å². The van der Waals surface area contributed by atoms with Crippen LogP contribution in [-0.4, -0.2) is 27.7 Å². The summed E-state index contributed by atoms with van der Waals surface area (Å²) in [5.74, 6) is -1.27. The Kier molecular flexibility index (Phi) is 3.73. The Balaban J connectivity index is 1.76. The van der Waals surface area contributed by atoms with Crippen LogP contribution in [0.25, 0.3) is 45.4 Å². The lowest BCUT2D eigenvalue weighted by atomic mass is 9.95. The van der Waals surface area contributed by atoms with Crippen molar-refractivity contribution in [3.8, 4) is 0 Å². The van der Waals surface area contributed by atoms with Crippen LogP contribution >= 0.6 is 0 Å². The molecule has 2 aromatic heterocycles. The van der Waals surface area contributed by atoms with E-state index < -0.39 is 11.9 Å². The van der Waals surface area contributed by atoms with E-state index in [-0.39, 0.29) is 11.1 Å². The fraction of sp³-hybridized carbons (Fsp3) is 0.0400. The molecule has 6 rings (SSSR count). The number of esters is 2. The molecule has 31 heavy (non-hydrogen) atoms. The first-order valence-corrected chi connectivity index (χ1v) is 9.88. The molecule has 4 bridgehead atoms. The molecule has 0 saturated carbocycles. The highest BCUT2D eigenvalue weighted by molar-refractivity contribution is 6.46. The van der Waals surface area contributed by atoms with Crippen LogP contribution in [0.4, 0.5) is 0 Å². The number of aromatic nitrogens is 2. The minimum Gasteiger partial charge on any atom is -0.496 e. The molecule has 0 fully saturated rings. The minimum atomic E-state index is -0.636. The second-order valence-corrected chi connectivity index (χ2v) is 7.36. The summed E-state index contributed by atoms with van der Waals surface area (Å²) in [4.78, 5) is 25.8. The van der Waals surface area contributed by atoms with Crippen LogP contribution in [0.15, 0.2) is 73.3 Å². The van der Waals surface area contributed by atoms with Gasteiger partial charge in [-0.05, 0) is 18.2 Å². The number of ether oxygens (including phenoxy) is 2. The van der Waals surface area contributed by atoms with Gasteiger partial charge in [0.15, 0.2) is 0 Å². The molecule has 150 valence electrons. The molecule has 6 nitrogen and oxygen atoms in total. The molecule has 2 aliphatic rings. The van der Waals surface area contributed by atoms with E-state index >= 15 is 0 Å². The van der Waals surface area contributed by atoms with Crippen molar-refractivity contribution in [1.82, 2.24) is 9.13 Å². The van der Waals surface area contributed by atoms with E-state index in [2.05, 4.69) is 0 Å². The molecule has 0 spiro atoms. The summed E-state index contributed by atoms with van der Waals surface area (Å²) in [5.41, 5.74) is 3.68. The lowest BCUT2D eigenvalue weighted by Crippen LogP contribution is -2.01. The zero-order chi connectivity index (χ0) is 20.9. The second kappa shape index (κ2) is 6.60. The molecule has 0 aliphatic carbocycles. The van der Waals surface area contributed by atoms with E-state index in [1.807, 2.05) is 82.3 Å². The molecule has 0 unspecified atom stereocenters. The third-order valence-corrected chi connectivity index (χ3v) is 5.64. The third kappa shape index (κ3) is 2.58. The Hall–Kier alpha value is -4.32. The van der Waals surface area contributed by atoms with Crippen LogP contribution in [0.2, 0.25) is 0 Å². The van der Waals surface area contributed by atoms with Gasteiger partial charge < -0.3 is 18.6 Å². The summed E-state index contributed by atoms with van der Waals surface area (Å²) >= 11 is 0. The molecule has 0 N–H and O–H groups in total. The maximum absolute atomic E-state index is 12.9. The monoisotopic (exact) mass is 408 g/mol. The highest BCUT2D eigenvalue weighted by Gasteiger charge is 2.37. The van der Waals surface area contributed by atoms with Crippen LogP contribution in [0, 0.1) is 0 Å². The summed E-state index contributed by atoms with van der Waals surface area (Å²) in [7, 11) is 0. The van der Waals surface area contributed by atoms with Gasteiger partial charge in [0.25, 0.3) is 0 Å². The Morgan fingerprint density at radius 3 is 1.87 bits per heavy atom. The van der Waals surface area contributed by atoms with E-state index in [0.29, 0.717) is 17.7 Å². The number of nitrogens with zero attached hydrogens (tertiary/aromatic N) is 2. The minimum absolute atomic E-state index is 0.276. The second-order valence-electron chi connectivity index (χ2n) is 7.36. The van der Waals surface area contributed by atoms with Gasteiger partial charge in [-0.15, -0.1) is 0 Å². The highest BCUT2D eigenvalue weighted by atomic mass is 16.6. The van der Waals surface area contributed by atoms with Crippen molar-refractivity contribution in [2.24, 2.45) is 0 Å². The van der Waals surface area contributed by atoms with E-state index in [9.17, 15) is 9.59 Å². The van der Waals surface area contributed by atoms with Crippen molar-refractivity contribution >= 4 is 57.3 Å². The van der Waals surface area contributed by atoms with Gasteiger partial charge in [-0.1, -0.05) is 36.4 Å². The number of benzene rings is 2. The lowest BCUT2D eigenvalue weighted by molar-refractivity contribution is -0.149. The summed E-state index contributed by atoms with van der Waals surface area (Å²) in [6, 6.07) is 15.5. The van der Waals surface area contributed by atoms with E-state index in [0.717, 1.165) is 21.8 Å². The van der Waals surface area contributed by atoms with Gasteiger partial charge in [-0.3, -0.25) is 0 Å². The summed E-state index contributed by atoms with van der Waals surface area (Å²) in [5, 5.41) is 1.71. The van der Waals surface area contributed by atoms with Crippen molar-refractivity contribution in [2.45, 2.75) is 0 Å². The molecule has 2 aliphatic heterocycles. The molecule has 0 amide bonds. The molecule has 0 saturated heterocycles. The van der Waals surface area contributed by atoms with Crippen molar-refractivity contribution in [3.05, 3.63) is 84.4 Å². The van der Waals surface area contributed by atoms with Crippen LogP contribution in [0.3, 0.4) is 0 Å². The number of para-hydroxylation sites is 2. The molecule has 4 heterocycles. The van der Waals surface area contributed by atoms with Gasteiger partial charge in [0.05, 0.1) is 28.4 Å². The van der Waals surface area contributed by atoms with Crippen LogP contribution in [-0.2, 0) is 19.1 Å². The standard InChI is InChI=1S/C25H16N2O4/c28-24-22-18-14-26(20-8-3-1-6-16(18)20)10-5-12-30-13-11-27-15-19(23(22)25(29)31-24)17-7-2-4-9-21(17)27/h1-11,13-15H,12H2/b10-5-,13-11-. The summed E-state index contributed by atoms with van der Waals surface area (Å²) in [6.07, 6.45) is 10.9. The van der Waals surface area contributed by atoms with Gasteiger partial charge >= 0.3 is 11.9 Å². The van der Waals surface area contributed by atoms with Crippen molar-refractivity contribution < 1.29 is 19.1 Å². The Bertz CT molecular complexity index is 1380. The molecule has 2 aromatic carbocycles. The fourth-order valence-corrected chi connectivity index (χ4v) is 4.31. The molecule has 6 heteroatoms. The normalized spacial score (nSPS) is 17.9. The van der Waals surface area contributed by atoms with Gasteiger partial charge in [-0.2, -0.15) is 0 Å². The Morgan fingerprint density at radius 1 is 0.710 bits per heavy atom. The van der Waals surface area contributed by atoms with E-state index in [4.69, 9.17) is 9.47 Å². The first kappa shape index (κ1) is 17.5. The molecule has 0 radical (unpaired) electrons. The predicted molar refractivity (Wildman–Crippen MR) is 118 cm³/mol. The number of carbonyl (C=O) groups excluding carboxylic acids is 2. The number of cyclic esters (lactones) is 2. The Labute approximate surface area is 176 Å². The lowest BCUT2D eigenvalue weighted by Gasteiger charge is -2.01. The first-order chi connectivity index (χ1) is 15.2. The number of hydrogen-bond donors (Lipinski definition) is 0. The average Bonchev–Trinajstić information content (AvgIpc) is 3.41. The number of fused-ring (bicyclic) bond motifs is 12. The summed E-state index contributed by atoms with van der Waals surface area (Å²) in [6.45, 7) is 0.388. The highest BCUT2D eigenvalue weighted by Crippen LogP contribution is 2.40. The SMILES string of the molecule is O=C1OC(=O)C2=C1c1cn(c3ccccc13)/C=C\CO/C=C\n1cc2c2ccccc21. The maximum atomic E-state index is 12.9. The molecular formula is C25H16N2O4. The molecule has 4 aromatic rings. The van der Waals surface area contributed by atoms with Gasteiger partial charge in [0, 0.05) is 46.7 Å². The van der Waals surface area contributed by atoms with Crippen LogP contribution in [0.5, 0.6) is 0 Å². The zero-order valence-electron chi connectivity index (χ0n) is 16.3. The quantitative estimate of drug-likeness (QED) is 0.317. The topological polar surface area (TPSA) is 62.5 Å². The van der Waals surface area contributed by atoms with E-state index in [1.54, 1.807) is 12.5 Å².